The predicted molar refractivity (Wildman–Crippen MR) is 116 cm³/mol. The quantitative estimate of drug-likeness (QED) is 0.399. The third-order valence-electron chi connectivity index (χ3n) is 6.23. The first-order chi connectivity index (χ1) is 16.3. The minimum Gasteiger partial charge on any atom is -0.494 e. The van der Waals surface area contributed by atoms with E-state index in [1.165, 1.54) is 12.1 Å². The summed E-state index contributed by atoms with van der Waals surface area (Å²) in [6, 6.07) is 4.36. The largest absolute Gasteiger partial charge is 0.494 e. The van der Waals surface area contributed by atoms with Gasteiger partial charge in [-0.1, -0.05) is 0 Å². The summed E-state index contributed by atoms with van der Waals surface area (Å²) >= 11 is 0.871. The Morgan fingerprint density at radius 2 is 1.83 bits per heavy atom. The Kier molecular flexibility index (Phi) is 4.65. The second kappa shape index (κ2) is 7.09. The molecule has 1 saturated heterocycles. The molecule has 4 heterocycles. The van der Waals surface area contributed by atoms with E-state index < -0.39 is 45.2 Å². The van der Waals surface area contributed by atoms with E-state index in [9.17, 15) is 33.5 Å². The molecule has 1 fully saturated rings. The molecule has 0 radical (unpaired) electrons. The van der Waals surface area contributed by atoms with E-state index in [-0.39, 0.29) is 34.9 Å². The Morgan fingerprint density at radius 1 is 1.23 bits per heavy atom. The van der Waals surface area contributed by atoms with Crippen LogP contribution in [0, 0.1) is 21.4 Å². The van der Waals surface area contributed by atoms with Gasteiger partial charge in [0.2, 0.25) is 11.8 Å². The second-order valence-electron chi connectivity index (χ2n) is 8.73. The fourth-order valence-electron chi connectivity index (χ4n) is 5.03. The number of benzene rings is 1. The minimum atomic E-state index is -4.82. The lowest BCUT2D eigenvalue weighted by atomic mass is 9.94. The standard InChI is InChI=1S/C21H16F3N5O5S/c1-19-8-27(18-26-7-13(35-18)29(32)33)9-20(2,34-19)15-14(19)16(30)28(17(15)31)11-4-3-10(6-25)12(5-11)21(22,23)24/h3-5,7,30-31H,8-9H2,1-2H3. The van der Waals surface area contributed by atoms with E-state index in [4.69, 9.17) is 10.00 Å². The molecule has 3 aromatic rings. The fourth-order valence-corrected chi connectivity index (χ4v) is 5.76. The molecule has 182 valence electrons. The van der Waals surface area contributed by atoms with Crippen molar-refractivity contribution in [3.8, 4) is 23.5 Å². The summed E-state index contributed by atoms with van der Waals surface area (Å²) in [6.45, 7) is 3.51. The molecule has 14 heteroatoms. The number of nitrogens with zero attached hydrogens (tertiary/aromatic N) is 5. The van der Waals surface area contributed by atoms with Crippen molar-refractivity contribution in [2.45, 2.75) is 31.2 Å². The summed E-state index contributed by atoms with van der Waals surface area (Å²) < 4.78 is 47.6. The van der Waals surface area contributed by atoms with Gasteiger partial charge in [0.15, 0.2) is 5.13 Å². The normalized spacial score (nSPS) is 23.3. The number of rotatable bonds is 3. The molecule has 2 aliphatic heterocycles. The molecule has 2 atom stereocenters. The van der Waals surface area contributed by atoms with E-state index >= 15 is 0 Å². The lowest BCUT2D eigenvalue weighted by Crippen LogP contribution is -2.51. The molecule has 10 nitrogen and oxygen atoms in total. The highest BCUT2D eigenvalue weighted by Gasteiger charge is 2.59. The van der Waals surface area contributed by atoms with Crippen molar-refractivity contribution < 1.29 is 33.0 Å². The van der Waals surface area contributed by atoms with Crippen LogP contribution in [0.15, 0.2) is 24.4 Å². The number of aromatic nitrogens is 2. The summed E-state index contributed by atoms with van der Waals surface area (Å²) in [5.41, 5.74) is -4.00. The first kappa shape index (κ1) is 22.9. The molecule has 5 rings (SSSR count). The number of anilines is 1. The number of alkyl halides is 3. The maximum Gasteiger partial charge on any atom is 0.417 e. The second-order valence-corrected chi connectivity index (χ2v) is 9.72. The number of fused-ring (bicyclic) bond motifs is 5. The van der Waals surface area contributed by atoms with Crippen molar-refractivity contribution >= 4 is 21.5 Å². The molecule has 35 heavy (non-hydrogen) atoms. The van der Waals surface area contributed by atoms with Gasteiger partial charge in [0.25, 0.3) is 0 Å². The average Bonchev–Trinajstić information content (AvgIpc) is 3.40. The van der Waals surface area contributed by atoms with Crippen molar-refractivity contribution in [2.24, 2.45) is 0 Å². The maximum absolute atomic E-state index is 13.5. The van der Waals surface area contributed by atoms with Crippen LogP contribution in [0.2, 0.25) is 0 Å². The van der Waals surface area contributed by atoms with Gasteiger partial charge in [0.05, 0.1) is 52.0 Å². The topological polar surface area (TPSA) is 138 Å². The van der Waals surface area contributed by atoms with E-state index in [0.29, 0.717) is 11.2 Å². The number of hydrogen-bond donors (Lipinski definition) is 2. The summed E-state index contributed by atoms with van der Waals surface area (Å²) in [4.78, 5) is 16.4. The Labute approximate surface area is 199 Å². The summed E-state index contributed by atoms with van der Waals surface area (Å²) in [5, 5.41) is 42.6. The van der Waals surface area contributed by atoms with Gasteiger partial charge >= 0.3 is 11.2 Å². The highest BCUT2D eigenvalue weighted by molar-refractivity contribution is 7.18. The molecule has 0 saturated carbocycles. The van der Waals surface area contributed by atoms with Crippen molar-refractivity contribution in [3.63, 3.8) is 0 Å². The highest BCUT2D eigenvalue weighted by atomic mass is 32.1. The van der Waals surface area contributed by atoms with E-state index in [0.717, 1.165) is 28.2 Å². The molecular weight excluding hydrogens is 491 g/mol. The van der Waals surface area contributed by atoms with Crippen molar-refractivity contribution in [2.75, 3.05) is 18.0 Å². The van der Waals surface area contributed by atoms with E-state index in [1.807, 2.05) is 0 Å². The van der Waals surface area contributed by atoms with Crippen LogP contribution in [-0.2, 0) is 22.1 Å². The number of ether oxygens (including phenoxy) is 1. The maximum atomic E-state index is 13.5. The Balaban J connectivity index is 1.62. The van der Waals surface area contributed by atoms with Gasteiger partial charge in [-0.15, -0.1) is 0 Å². The third kappa shape index (κ3) is 3.22. The molecule has 2 N–H and O–H groups in total. The van der Waals surface area contributed by atoms with Crippen LogP contribution in [-0.4, -0.2) is 37.8 Å². The molecule has 2 unspecified atom stereocenters. The highest BCUT2D eigenvalue weighted by Crippen LogP contribution is 2.59. The molecule has 0 aliphatic carbocycles. The van der Waals surface area contributed by atoms with Crippen LogP contribution >= 0.6 is 11.3 Å². The van der Waals surface area contributed by atoms with Gasteiger partial charge in [0, 0.05) is 0 Å². The van der Waals surface area contributed by atoms with Gasteiger partial charge in [0.1, 0.15) is 17.4 Å². The zero-order valence-corrected chi connectivity index (χ0v) is 18.9. The average molecular weight is 507 g/mol. The zero-order valence-electron chi connectivity index (χ0n) is 18.1. The predicted octanol–water partition coefficient (Wildman–Crippen LogP) is 4.12. The van der Waals surface area contributed by atoms with Gasteiger partial charge in [-0.3, -0.25) is 14.7 Å². The smallest absolute Gasteiger partial charge is 0.417 e. The van der Waals surface area contributed by atoms with Crippen LogP contribution < -0.4 is 4.90 Å². The number of hydrogen-bond acceptors (Lipinski definition) is 9. The van der Waals surface area contributed by atoms with Crippen LogP contribution in [0.3, 0.4) is 0 Å². The van der Waals surface area contributed by atoms with E-state index in [1.54, 1.807) is 18.7 Å². The number of nitriles is 1. The SMILES string of the molecule is CC12CN(c3ncc([N+](=O)[O-])s3)CC(C)(O1)c1c2c(O)n(-c2ccc(C#N)c(C(F)(F)F)c2)c1O. The van der Waals surface area contributed by atoms with Crippen LogP contribution in [0.1, 0.15) is 36.1 Å². The lowest BCUT2D eigenvalue weighted by molar-refractivity contribution is -0.380. The number of thiazole rings is 1. The zero-order chi connectivity index (χ0) is 25.5. The number of aromatic hydroxyl groups is 2. The van der Waals surface area contributed by atoms with Crippen molar-refractivity contribution in [3.05, 3.63) is 56.8 Å². The molecule has 1 aromatic carbocycles. The number of morpholine rings is 1. The van der Waals surface area contributed by atoms with Gasteiger partial charge in [-0.05, 0) is 43.4 Å². The first-order valence-electron chi connectivity index (χ1n) is 10.1. The first-order valence-corrected chi connectivity index (χ1v) is 11.0. The van der Waals surface area contributed by atoms with Crippen LogP contribution in [0.5, 0.6) is 11.8 Å². The summed E-state index contributed by atoms with van der Waals surface area (Å²) in [6.07, 6.45) is -3.68. The monoisotopic (exact) mass is 507 g/mol. The Bertz CT molecular complexity index is 1400. The molecule has 2 aliphatic rings. The van der Waals surface area contributed by atoms with Gasteiger partial charge in [-0.2, -0.15) is 18.4 Å². The van der Waals surface area contributed by atoms with Crippen molar-refractivity contribution in [1.29, 1.82) is 5.26 Å². The molecule has 0 spiro atoms. The molecule has 2 aromatic heterocycles. The molecule has 2 bridgehead atoms. The number of halogens is 3. The van der Waals surface area contributed by atoms with Gasteiger partial charge in [-0.25, -0.2) is 4.98 Å². The van der Waals surface area contributed by atoms with Crippen LogP contribution in [0.4, 0.5) is 23.3 Å². The number of nitro groups is 1. The Hall–Kier alpha value is -3.83. The Morgan fingerprint density at radius 3 is 2.31 bits per heavy atom. The van der Waals surface area contributed by atoms with E-state index in [2.05, 4.69) is 4.98 Å². The minimum absolute atomic E-state index is 0.110. The van der Waals surface area contributed by atoms with Crippen LogP contribution in [0.25, 0.3) is 5.69 Å². The van der Waals surface area contributed by atoms with Gasteiger partial charge < -0.3 is 19.8 Å². The summed E-state index contributed by atoms with van der Waals surface area (Å²) in [5.74, 6) is -1.01. The summed E-state index contributed by atoms with van der Waals surface area (Å²) in [7, 11) is 0. The lowest BCUT2D eigenvalue weighted by Gasteiger charge is -2.43. The molecular formula is C21H16F3N5O5S. The third-order valence-corrected chi connectivity index (χ3v) is 7.24. The molecule has 0 amide bonds. The fraction of sp³-hybridized carbons (Fsp3) is 0.333. The van der Waals surface area contributed by atoms with Crippen molar-refractivity contribution in [1.82, 2.24) is 9.55 Å².